The van der Waals surface area contributed by atoms with Gasteiger partial charge in [0.05, 0.1) is 29.7 Å². The van der Waals surface area contributed by atoms with Crippen molar-refractivity contribution in [2.24, 2.45) is 0 Å². The van der Waals surface area contributed by atoms with Gasteiger partial charge in [-0.3, -0.25) is 0 Å². The van der Waals surface area contributed by atoms with E-state index in [9.17, 15) is 5.26 Å². The summed E-state index contributed by atoms with van der Waals surface area (Å²) >= 11 is 0. The molecule has 2 N–H and O–H groups in total. The third kappa shape index (κ3) is 2.83. The number of ether oxygens (including phenoxy) is 1. The van der Waals surface area contributed by atoms with E-state index in [0.717, 1.165) is 34.5 Å². The van der Waals surface area contributed by atoms with Crippen molar-refractivity contribution in [2.75, 3.05) is 18.9 Å². The summed E-state index contributed by atoms with van der Waals surface area (Å²) in [4.78, 5) is 4.44. The summed E-state index contributed by atoms with van der Waals surface area (Å²) in [5.41, 5.74) is 11.2. The lowest BCUT2D eigenvalue weighted by molar-refractivity contribution is 0.194. The summed E-state index contributed by atoms with van der Waals surface area (Å²) in [6, 6.07) is 12.2. The van der Waals surface area contributed by atoms with Crippen LogP contribution in [0.2, 0.25) is 0 Å². The van der Waals surface area contributed by atoms with Crippen molar-refractivity contribution in [1.29, 1.82) is 5.26 Å². The zero-order valence-corrected chi connectivity index (χ0v) is 14.5. The van der Waals surface area contributed by atoms with Crippen LogP contribution in [0.15, 0.2) is 42.7 Å². The van der Waals surface area contributed by atoms with E-state index < -0.39 is 0 Å². The van der Waals surface area contributed by atoms with Crippen molar-refractivity contribution in [3.05, 3.63) is 59.4 Å². The maximum absolute atomic E-state index is 9.48. The van der Waals surface area contributed by atoms with Gasteiger partial charge in [0.25, 0.3) is 0 Å². The lowest BCUT2D eigenvalue weighted by Crippen LogP contribution is -2.06. The largest absolute Gasteiger partial charge is 0.383 e. The van der Waals surface area contributed by atoms with Crippen LogP contribution in [0.4, 0.5) is 5.82 Å². The molecule has 1 fully saturated rings. The van der Waals surface area contributed by atoms with Crippen molar-refractivity contribution >= 4 is 5.82 Å². The molecule has 6 heteroatoms. The number of hydrogen-bond acceptors (Lipinski definition) is 5. The first-order valence-electron chi connectivity index (χ1n) is 8.56. The van der Waals surface area contributed by atoms with Crippen LogP contribution < -0.4 is 5.73 Å². The zero-order chi connectivity index (χ0) is 18.1. The standard InChI is InChI=1S/C20H19N5O/c1-13-4-2-3-5-19(13)25-11-15(10-23-25)18-8-16(14-6-7-26-12-14)17(9-21)20(22)24-18/h2-5,8,10-11,14H,6-7,12H2,1H3,(H2,22,24)/t14-/m1/s1. The Morgan fingerprint density at radius 2 is 2.19 bits per heavy atom. The number of para-hydroxylation sites is 1. The average molecular weight is 345 g/mol. The Bertz CT molecular complexity index is 996. The van der Waals surface area contributed by atoms with Gasteiger partial charge >= 0.3 is 0 Å². The number of nitrogen functional groups attached to an aromatic ring is 1. The van der Waals surface area contributed by atoms with Gasteiger partial charge in [-0.1, -0.05) is 18.2 Å². The van der Waals surface area contributed by atoms with Crippen LogP contribution >= 0.6 is 0 Å². The second-order valence-electron chi connectivity index (χ2n) is 6.49. The van der Waals surface area contributed by atoms with Crippen molar-refractivity contribution in [2.45, 2.75) is 19.3 Å². The Balaban J connectivity index is 1.77. The average Bonchev–Trinajstić information content (AvgIpc) is 3.33. The number of nitriles is 1. The number of pyridine rings is 1. The van der Waals surface area contributed by atoms with E-state index in [1.165, 1.54) is 0 Å². The fourth-order valence-electron chi connectivity index (χ4n) is 3.36. The first-order valence-corrected chi connectivity index (χ1v) is 8.56. The van der Waals surface area contributed by atoms with Crippen LogP contribution in [0, 0.1) is 18.3 Å². The minimum absolute atomic E-state index is 0.181. The van der Waals surface area contributed by atoms with E-state index in [4.69, 9.17) is 10.5 Å². The highest BCUT2D eigenvalue weighted by Gasteiger charge is 2.24. The van der Waals surface area contributed by atoms with Gasteiger partial charge in [0.15, 0.2) is 0 Å². The van der Waals surface area contributed by atoms with E-state index >= 15 is 0 Å². The zero-order valence-electron chi connectivity index (χ0n) is 14.5. The molecule has 2 aromatic heterocycles. The minimum Gasteiger partial charge on any atom is -0.383 e. The summed E-state index contributed by atoms with van der Waals surface area (Å²) < 4.78 is 7.32. The summed E-state index contributed by atoms with van der Waals surface area (Å²) in [5, 5.41) is 13.9. The van der Waals surface area contributed by atoms with E-state index in [-0.39, 0.29) is 11.7 Å². The smallest absolute Gasteiger partial charge is 0.142 e. The number of rotatable bonds is 3. The molecule has 0 bridgehead atoms. The summed E-state index contributed by atoms with van der Waals surface area (Å²) in [6.07, 6.45) is 4.60. The number of nitrogens with two attached hydrogens (primary N) is 1. The molecular weight excluding hydrogens is 326 g/mol. The monoisotopic (exact) mass is 345 g/mol. The fourth-order valence-corrected chi connectivity index (χ4v) is 3.36. The van der Waals surface area contributed by atoms with Crippen molar-refractivity contribution in [3.8, 4) is 23.0 Å². The quantitative estimate of drug-likeness (QED) is 0.787. The number of aromatic nitrogens is 3. The fraction of sp³-hybridized carbons (Fsp3) is 0.250. The third-order valence-electron chi connectivity index (χ3n) is 4.80. The molecule has 1 aromatic carbocycles. The molecule has 0 radical (unpaired) electrons. The Morgan fingerprint density at radius 3 is 2.92 bits per heavy atom. The molecule has 1 saturated heterocycles. The van der Waals surface area contributed by atoms with Gasteiger partial charge in [-0.05, 0) is 36.6 Å². The Kier molecular flexibility index (Phi) is 4.15. The van der Waals surface area contributed by atoms with Gasteiger partial charge in [-0.25, -0.2) is 9.67 Å². The van der Waals surface area contributed by atoms with Crippen LogP contribution in [0.1, 0.15) is 29.0 Å². The molecule has 1 aliphatic rings. The SMILES string of the molecule is Cc1ccccc1-n1cc(-c2cc([C@@H]3CCOC3)c(C#N)c(N)n2)cn1. The molecule has 3 heterocycles. The minimum atomic E-state index is 0.181. The van der Waals surface area contributed by atoms with Gasteiger partial charge in [-0.2, -0.15) is 10.4 Å². The van der Waals surface area contributed by atoms with Crippen LogP contribution in [-0.4, -0.2) is 28.0 Å². The van der Waals surface area contributed by atoms with Gasteiger partial charge in [-0.15, -0.1) is 0 Å². The van der Waals surface area contributed by atoms with Gasteiger partial charge in [0.2, 0.25) is 0 Å². The second-order valence-corrected chi connectivity index (χ2v) is 6.49. The number of hydrogen-bond donors (Lipinski definition) is 1. The highest BCUT2D eigenvalue weighted by molar-refractivity contribution is 5.66. The molecule has 3 aromatic rings. The topological polar surface area (TPSA) is 89.8 Å². The number of benzene rings is 1. The predicted molar refractivity (Wildman–Crippen MR) is 98.8 cm³/mol. The molecular formula is C20H19N5O. The number of anilines is 1. The number of aryl methyl sites for hydroxylation is 1. The van der Waals surface area contributed by atoms with E-state index in [0.29, 0.717) is 18.8 Å². The molecule has 6 nitrogen and oxygen atoms in total. The molecule has 1 atom stereocenters. The first kappa shape index (κ1) is 16.3. The summed E-state index contributed by atoms with van der Waals surface area (Å²) in [7, 11) is 0. The van der Waals surface area contributed by atoms with Gasteiger partial charge < -0.3 is 10.5 Å². The third-order valence-corrected chi connectivity index (χ3v) is 4.80. The predicted octanol–water partition coefficient (Wildman–Crippen LogP) is 3.20. The van der Waals surface area contributed by atoms with Crippen molar-refractivity contribution in [1.82, 2.24) is 14.8 Å². The highest BCUT2D eigenvalue weighted by Crippen LogP contribution is 2.33. The van der Waals surface area contributed by atoms with Crippen LogP contribution in [0.5, 0.6) is 0 Å². The maximum atomic E-state index is 9.48. The van der Waals surface area contributed by atoms with Crippen LogP contribution in [0.25, 0.3) is 16.9 Å². The molecule has 0 saturated carbocycles. The molecule has 4 rings (SSSR count). The Labute approximate surface area is 151 Å². The normalized spacial score (nSPS) is 16.5. The lowest BCUT2D eigenvalue weighted by atomic mass is 9.93. The van der Waals surface area contributed by atoms with E-state index in [1.807, 2.05) is 48.1 Å². The molecule has 0 aliphatic carbocycles. The summed E-state index contributed by atoms with van der Waals surface area (Å²) in [5.74, 6) is 0.440. The first-order chi connectivity index (χ1) is 12.7. The van der Waals surface area contributed by atoms with E-state index in [1.54, 1.807) is 6.20 Å². The molecule has 26 heavy (non-hydrogen) atoms. The second kappa shape index (κ2) is 6.62. The van der Waals surface area contributed by atoms with Crippen molar-refractivity contribution in [3.63, 3.8) is 0 Å². The molecule has 0 spiro atoms. The van der Waals surface area contributed by atoms with Crippen LogP contribution in [-0.2, 0) is 4.74 Å². The Morgan fingerprint density at radius 1 is 1.35 bits per heavy atom. The molecule has 0 unspecified atom stereocenters. The van der Waals surface area contributed by atoms with Gasteiger partial charge in [0.1, 0.15) is 11.9 Å². The van der Waals surface area contributed by atoms with Crippen LogP contribution in [0.3, 0.4) is 0 Å². The lowest BCUT2D eigenvalue weighted by Gasteiger charge is -2.13. The molecule has 1 aliphatic heterocycles. The molecule has 130 valence electrons. The van der Waals surface area contributed by atoms with Crippen molar-refractivity contribution < 1.29 is 4.74 Å². The maximum Gasteiger partial charge on any atom is 0.142 e. The van der Waals surface area contributed by atoms with Gasteiger partial charge in [0, 0.05) is 24.3 Å². The number of nitrogens with zero attached hydrogens (tertiary/aromatic N) is 4. The van der Waals surface area contributed by atoms with E-state index in [2.05, 4.69) is 16.2 Å². The molecule has 0 amide bonds. The summed E-state index contributed by atoms with van der Waals surface area (Å²) in [6.45, 7) is 3.37. The Hall–Kier alpha value is -3.17. The highest BCUT2D eigenvalue weighted by atomic mass is 16.5.